The smallest absolute Gasteiger partial charge is 0.263 e. The number of halogens is 2. The summed E-state index contributed by atoms with van der Waals surface area (Å²) in [6.07, 6.45) is 0. The molecule has 1 amide bonds. The molecule has 1 N–H and O–H groups in total. The lowest BCUT2D eigenvalue weighted by molar-refractivity contribution is -0.116. The third-order valence-corrected chi connectivity index (χ3v) is 6.61. The maximum atomic E-state index is 13.3. The van der Waals surface area contributed by atoms with Crippen LogP contribution in [0.3, 0.4) is 0 Å². The fraction of sp³-hybridized carbons (Fsp3) is 0.381. The SMILES string of the molecule is CCN(CC)Cc1nc2sc(C)c(C)c2c(=O)n1CC(=O)Nc1cc(Cl)cc(Cl)c1. The molecule has 2 aromatic heterocycles. The van der Waals surface area contributed by atoms with Crippen LogP contribution in [0.1, 0.15) is 30.1 Å². The van der Waals surface area contributed by atoms with Gasteiger partial charge in [-0.1, -0.05) is 37.0 Å². The van der Waals surface area contributed by atoms with Crippen LogP contribution < -0.4 is 10.9 Å². The Morgan fingerprint density at radius 1 is 1.17 bits per heavy atom. The summed E-state index contributed by atoms with van der Waals surface area (Å²) in [6.45, 7) is 9.99. The number of carbonyl (C=O) groups is 1. The van der Waals surface area contributed by atoms with Gasteiger partial charge in [-0.3, -0.25) is 19.1 Å². The van der Waals surface area contributed by atoms with E-state index in [4.69, 9.17) is 28.2 Å². The molecule has 0 aliphatic heterocycles. The third-order valence-electron chi connectivity index (χ3n) is 5.08. The topological polar surface area (TPSA) is 67.2 Å². The van der Waals surface area contributed by atoms with Gasteiger partial charge >= 0.3 is 0 Å². The molecule has 3 rings (SSSR count). The molecule has 2 heterocycles. The van der Waals surface area contributed by atoms with E-state index in [0.29, 0.717) is 33.5 Å². The highest BCUT2D eigenvalue weighted by Crippen LogP contribution is 2.27. The van der Waals surface area contributed by atoms with Gasteiger partial charge < -0.3 is 5.32 Å². The minimum Gasteiger partial charge on any atom is -0.324 e. The van der Waals surface area contributed by atoms with Crippen LogP contribution in [0.4, 0.5) is 5.69 Å². The van der Waals surface area contributed by atoms with Crippen LogP contribution in [0.15, 0.2) is 23.0 Å². The van der Waals surface area contributed by atoms with Gasteiger partial charge in [0.25, 0.3) is 5.56 Å². The van der Waals surface area contributed by atoms with Crippen molar-refractivity contribution >= 4 is 56.3 Å². The molecule has 160 valence electrons. The number of amides is 1. The van der Waals surface area contributed by atoms with Crippen molar-refractivity contribution in [2.24, 2.45) is 0 Å². The predicted molar refractivity (Wildman–Crippen MR) is 125 cm³/mol. The highest BCUT2D eigenvalue weighted by Gasteiger charge is 2.19. The summed E-state index contributed by atoms with van der Waals surface area (Å²) in [6, 6.07) is 4.81. The number of carbonyl (C=O) groups excluding carboxylic acids is 1. The second-order valence-corrected chi connectivity index (χ2v) is 9.13. The Hall–Kier alpha value is -1.93. The van der Waals surface area contributed by atoms with Crippen LogP contribution in [-0.2, 0) is 17.9 Å². The quantitative estimate of drug-likeness (QED) is 0.539. The molecule has 0 aliphatic carbocycles. The first-order valence-electron chi connectivity index (χ1n) is 9.71. The number of rotatable bonds is 7. The molecule has 0 radical (unpaired) electrons. The first kappa shape index (κ1) is 22.7. The summed E-state index contributed by atoms with van der Waals surface area (Å²) in [5.41, 5.74) is 1.20. The van der Waals surface area contributed by atoms with Crippen molar-refractivity contribution in [2.45, 2.75) is 40.8 Å². The van der Waals surface area contributed by atoms with Crippen LogP contribution in [0.2, 0.25) is 10.0 Å². The average Bonchev–Trinajstić information content (AvgIpc) is 2.95. The highest BCUT2D eigenvalue weighted by molar-refractivity contribution is 7.18. The Morgan fingerprint density at radius 2 is 1.80 bits per heavy atom. The number of nitrogens with one attached hydrogen (secondary N) is 1. The molecule has 0 spiro atoms. The van der Waals surface area contributed by atoms with Crippen molar-refractivity contribution in [1.29, 1.82) is 0 Å². The molecular weight excluding hydrogens is 443 g/mol. The van der Waals surface area contributed by atoms with Gasteiger partial charge in [-0.05, 0) is 50.7 Å². The number of hydrogen-bond acceptors (Lipinski definition) is 5. The summed E-state index contributed by atoms with van der Waals surface area (Å²) in [5, 5.41) is 4.19. The van der Waals surface area contributed by atoms with Gasteiger partial charge in [-0.15, -0.1) is 11.3 Å². The van der Waals surface area contributed by atoms with Gasteiger partial charge in [0, 0.05) is 20.6 Å². The zero-order valence-electron chi connectivity index (χ0n) is 17.4. The van der Waals surface area contributed by atoms with E-state index in [-0.39, 0.29) is 18.0 Å². The molecule has 0 saturated carbocycles. The summed E-state index contributed by atoms with van der Waals surface area (Å²) < 4.78 is 1.47. The summed E-state index contributed by atoms with van der Waals surface area (Å²) in [4.78, 5) is 34.8. The van der Waals surface area contributed by atoms with E-state index < -0.39 is 0 Å². The average molecular weight is 467 g/mol. The molecule has 0 fully saturated rings. The van der Waals surface area contributed by atoms with E-state index in [1.165, 1.54) is 15.9 Å². The second kappa shape index (κ2) is 9.47. The van der Waals surface area contributed by atoms with Gasteiger partial charge in [0.1, 0.15) is 17.2 Å². The lowest BCUT2D eigenvalue weighted by atomic mass is 10.2. The molecule has 3 aromatic rings. The zero-order valence-corrected chi connectivity index (χ0v) is 19.7. The van der Waals surface area contributed by atoms with Crippen molar-refractivity contribution in [1.82, 2.24) is 14.5 Å². The number of benzene rings is 1. The Balaban J connectivity index is 2.01. The molecule has 0 unspecified atom stereocenters. The first-order chi connectivity index (χ1) is 14.2. The number of fused-ring (bicyclic) bond motifs is 1. The Morgan fingerprint density at radius 3 is 2.40 bits per heavy atom. The first-order valence-corrected chi connectivity index (χ1v) is 11.3. The van der Waals surface area contributed by atoms with Gasteiger partial charge in [0.2, 0.25) is 5.91 Å². The monoisotopic (exact) mass is 466 g/mol. The van der Waals surface area contributed by atoms with E-state index in [2.05, 4.69) is 24.1 Å². The van der Waals surface area contributed by atoms with Crippen LogP contribution >= 0.6 is 34.5 Å². The van der Waals surface area contributed by atoms with Gasteiger partial charge in [-0.2, -0.15) is 0 Å². The van der Waals surface area contributed by atoms with E-state index >= 15 is 0 Å². The maximum absolute atomic E-state index is 13.3. The van der Waals surface area contributed by atoms with Crippen molar-refractivity contribution in [3.8, 4) is 0 Å². The number of thiophene rings is 1. The highest BCUT2D eigenvalue weighted by atomic mass is 35.5. The number of aromatic nitrogens is 2. The molecule has 6 nitrogen and oxygen atoms in total. The number of hydrogen-bond donors (Lipinski definition) is 1. The van der Waals surface area contributed by atoms with Gasteiger partial charge in [0.05, 0.1) is 11.9 Å². The largest absolute Gasteiger partial charge is 0.324 e. The summed E-state index contributed by atoms with van der Waals surface area (Å²) in [5.74, 6) is 0.235. The van der Waals surface area contributed by atoms with Crippen LogP contribution in [0.5, 0.6) is 0 Å². The van der Waals surface area contributed by atoms with E-state index in [9.17, 15) is 9.59 Å². The van der Waals surface area contributed by atoms with Crippen molar-refractivity contribution in [3.05, 3.63) is 54.9 Å². The fourth-order valence-electron chi connectivity index (χ4n) is 3.27. The molecule has 30 heavy (non-hydrogen) atoms. The van der Waals surface area contributed by atoms with Crippen molar-refractivity contribution in [2.75, 3.05) is 18.4 Å². The molecule has 1 aromatic carbocycles. The molecule has 0 bridgehead atoms. The normalized spacial score (nSPS) is 11.4. The minimum absolute atomic E-state index is 0.142. The van der Waals surface area contributed by atoms with E-state index in [0.717, 1.165) is 28.4 Å². The molecular formula is C21H24Cl2N4O2S. The van der Waals surface area contributed by atoms with E-state index in [1.807, 2.05) is 13.8 Å². The number of nitrogens with zero attached hydrogens (tertiary/aromatic N) is 3. The van der Waals surface area contributed by atoms with Crippen LogP contribution in [-0.4, -0.2) is 33.4 Å². The predicted octanol–water partition coefficient (Wildman–Crippen LogP) is 4.86. The minimum atomic E-state index is -0.345. The molecule has 0 aliphatic rings. The third kappa shape index (κ3) is 4.86. The maximum Gasteiger partial charge on any atom is 0.263 e. The number of anilines is 1. The van der Waals surface area contributed by atoms with Crippen LogP contribution in [0, 0.1) is 13.8 Å². The Labute approximate surface area is 189 Å². The Kier molecular flexibility index (Phi) is 7.18. The Bertz CT molecular complexity index is 1130. The number of aryl methyl sites for hydroxylation is 2. The fourth-order valence-corrected chi connectivity index (χ4v) is 4.84. The standard InChI is InChI=1S/C21H24Cl2N4O2S/c1-5-26(6-2)10-17-25-20-19(12(3)13(4)30-20)21(29)27(17)11-18(28)24-16-8-14(22)7-15(23)9-16/h7-9H,5-6,10-11H2,1-4H3,(H,24,28). The van der Waals surface area contributed by atoms with Gasteiger partial charge in [0.15, 0.2) is 0 Å². The summed E-state index contributed by atoms with van der Waals surface area (Å²) in [7, 11) is 0. The van der Waals surface area contributed by atoms with Gasteiger partial charge in [-0.25, -0.2) is 4.98 Å². The molecule has 9 heteroatoms. The van der Waals surface area contributed by atoms with Crippen molar-refractivity contribution < 1.29 is 4.79 Å². The zero-order chi connectivity index (χ0) is 22.0. The molecule has 0 saturated heterocycles. The van der Waals surface area contributed by atoms with E-state index in [1.54, 1.807) is 18.2 Å². The second-order valence-electron chi connectivity index (χ2n) is 7.05. The van der Waals surface area contributed by atoms with Crippen LogP contribution in [0.25, 0.3) is 10.2 Å². The lowest BCUT2D eigenvalue weighted by Gasteiger charge is -2.20. The summed E-state index contributed by atoms with van der Waals surface area (Å²) >= 11 is 13.5. The molecule has 0 atom stereocenters. The van der Waals surface area contributed by atoms with Crippen molar-refractivity contribution in [3.63, 3.8) is 0 Å². The lowest BCUT2D eigenvalue weighted by Crippen LogP contribution is -2.34.